The molecule has 28 heavy (non-hydrogen) atoms. The SMILES string of the molecule is CCC(=O)Nc1nc2cc(NS(=O)(=O)c3ccc(C(C)(C)C)cc3)ccc2s1. The summed E-state index contributed by atoms with van der Waals surface area (Å²) in [6, 6.07) is 12.0. The molecule has 3 rings (SSSR count). The third-order valence-corrected chi connectivity index (χ3v) is 6.59. The van der Waals surface area contributed by atoms with Gasteiger partial charge in [0.15, 0.2) is 5.13 Å². The Labute approximate surface area is 169 Å². The van der Waals surface area contributed by atoms with Crippen LogP contribution in [-0.4, -0.2) is 19.3 Å². The highest BCUT2D eigenvalue weighted by Gasteiger charge is 2.18. The van der Waals surface area contributed by atoms with E-state index in [1.54, 1.807) is 37.3 Å². The molecule has 1 heterocycles. The first kappa shape index (κ1) is 20.3. The van der Waals surface area contributed by atoms with Crippen LogP contribution in [0, 0.1) is 0 Å². The van der Waals surface area contributed by atoms with E-state index in [9.17, 15) is 13.2 Å². The Hall–Kier alpha value is -2.45. The number of nitrogens with zero attached hydrogens (tertiary/aromatic N) is 1. The fraction of sp³-hybridized carbons (Fsp3) is 0.300. The number of amides is 1. The normalized spacial score (nSPS) is 12.1. The summed E-state index contributed by atoms with van der Waals surface area (Å²) < 4.78 is 28.9. The Kier molecular flexibility index (Phi) is 5.45. The van der Waals surface area contributed by atoms with Gasteiger partial charge in [0.2, 0.25) is 5.91 Å². The summed E-state index contributed by atoms with van der Waals surface area (Å²) in [6.45, 7) is 8.00. The van der Waals surface area contributed by atoms with Crippen LogP contribution in [0.3, 0.4) is 0 Å². The number of hydrogen-bond donors (Lipinski definition) is 2. The summed E-state index contributed by atoms with van der Waals surface area (Å²) in [5.74, 6) is -0.112. The molecule has 0 unspecified atom stereocenters. The van der Waals surface area contributed by atoms with Gasteiger partial charge in [-0.15, -0.1) is 0 Å². The summed E-state index contributed by atoms with van der Waals surface area (Å²) in [6.07, 6.45) is 0.370. The van der Waals surface area contributed by atoms with Crippen LogP contribution in [0.15, 0.2) is 47.4 Å². The van der Waals surface area contributed by atoms with E-state index in [0.29, 0.717) is 22.8 Å². The fourth-order valence-electron chi connectivity index (χ4n) is 2.60. The molecular weight excluding hydrogens is 394 g/mol. The number of sulfonamides is 1. The second-order valence-corrected chi connectivity index (χ2v) is 10.2. The number of nitrogens with one attached hydrogen (secondary N) is 2. The second kappa shape index (κ2) is 7.52. The van der Waals surface area contributed by atoms with Gasteiger partial charge in [-0.05, 0) is 41.3 Å². The van der Waals surface area contributed by atoms with Gasteiger partial charge in [-0.1, -0.05) is 51.2 Å². The third kappa shape index (κ3) is 4.51. The second-order valence-electron chi connectivity index (χ2n) is 7.48. The van der Waals surface area contributed by atoms with E-state index in [0.717, 1.165) is 10.3 Å². The summed E-state index contributed by atoms with van der Waals surface area (Å²) in [5.41, 5.74) is 2.07. The maximum absolute atomic E-state index is 12.7. The number of carbonyl (C=O) groups is 1. The molecule has 0 bridgehead atoms. The van der Waals surface area contributed by atoms with Crippen molar-refractivity contribution in [2.45, 2.75) is 44.4 Å². The Morgan fingerprint density at radius 3 is 2.39 bits per heavy atom. The monoisotopic (exact) mass is 417 g/mol. The van der Waals surface area contributed by atoms with Crippen LogP contribution < -0.4 is 10.0 Å². The van der Waals surface area contributed by atoms with Gasteiger partial charge in [0, 0.05) is 6.42 Å². The quantitative estimate of drug-likeness (QED) is 0.627. The predicted octanol–water partition coefficient (Wildman–Crippen LogP) is 4.74. The van der Waals surface area contributed by atoms with Crippen molar-refractivity contribution in [1.29, 1.82) is 0 Å². The number of thiazole rings is 1. The first-order valence-electron chi connectivity index (χ1n) is 8.92. The van der Waals surface area contributed by atoms with Crippen LogP contribution in [0.1, 0.15) is 39.7 Å². The van der Waals surface area contributed by atoms with E-state index in [2.05, 4.69) is 35.8 Å². The van der Waals surface area contributed by atoms with Crippen molar-refractivity contribution >= 4 is 48.3 Å². The van der Waals surface area contributed by atoms with Gasteiger partial charge < -0.3 is 5.32 Å². The molecule has 148 valence electrons. The van der Waals surface area contributed by atoms with Crippen molar-refractivity contribution in [3.63, 3.8) is 0 Å². The predicted molar refractivity (Wildman–Crippen MR) is 114 cm³/mol. The lowest BCUT2D eigenvalue weighted by molar-refractivity contribution is -0.115. The molecule has 6 nitrogen and oxygen atoms in total. The molecule has 0 spiro atoms. The maximum atomic E-state index is 12.7. The van der Waals surface area contributed by atoms with Gasteiger partial charge in [-0.3, -0.25) is 9.52 Å². The summed E-state index contributed by atoms with van der Waals surface area (Å²) in [7, 11) is -3.70. The molecule has 1 amide bonds. The van der Waals surface area contributed by atoms with E-state index >= 15 is 0 Å². The minimum Gasteiger partial charge on any atom is -0.302 e. The van der Waals surface area contributed by atoms with E-state index in [4.69, 9.17) is 0 Å². The summed E-state index contributed by atoms with van der Waals surface area (Å²) in [5, 5.41) is 3.22. The number of fused-ring (bicyclic) bond motifs is 1. The molecule has 0 radical (unpaired) electrons. The number of anilines is 2. The number of hydrogen-bond acceptors (Lipinski definition) is 5. The summed E-state index contributed by atoms with van der Waals surface area (Å²) >= 11 is 1.35. The standard InChI is InChI=1S/C20H23N3O3S2/c1-5-18(24)22-19-21-16-12-14(8-11-17(16)27-19)23-28(25,26)15-9-6-13(7-10-15)20(2,3)4/h6-12,23H,5H2,1-4H3,(H,21,22,24). The van der Waals surface area contributed by atoms with Gasteiger partial charge in [0.1, 0.15) is 0 Å². The van der Waals surface area contributed by atoms with E-state index in [-0.39, 0.29) is 16.2 Å². The Morgan fingerprint density at radius 1 is 1.11 bits per heavy atom. The average molecular weight is 418 g/mol. The van der Waals surface area contributed by atoms with E-state index < -0.39 is 10.0 Å². The van der Waals surface area contributed by atoms with Crippen LogP contribution in [0.5, 0.6) is 0 Å². The van der Waals surface area contributed by atoms with Crippen LogP contribution in [0.25, 0.3) is 10.2 Å². The third-order valence-electron chi connectivity index (χ3n) is 4.24. The van der Waals surface area contributed by atoms with Crippen molar-refractivity contribution in [3.8, 4) is 0 Å². The minimum absolute atomic E-state index is 0.0454. The molecule has 8 heteroatoms. The van der Waals surface area contributed by atoms with Crippen LogP contribution in [0.4, 0.5) is 10.8 Å². The molecule has 2 N–H and O–H groups in total. The maximum Gasteiger partial charge on any atom is 0.261 e. The zero-order valence-corrected chi connectivity index (χ0v) is 17.9. The van der Waals surface area contributed by atoms with E-state index in [1.165, 1.54) is 11.3 Å². The molecule has 0 aliphatic heterocycles. The lowest BCUT2D eigenvalue weighted by Gasteiger charge is -2.19. The summed E-state index contributed by atoms with van der Waals surface area (Å²) in [4.78, 5) is 16.1. The average Bonchev–Trinajstić information content (AvgIpc) is 3.02. The molecule has 0 saturated heterocycles. The molecule has 2 aromatic carbocycles. The van der Waals surface area contributed by atoms with Gasteiger partial charge in [0.25, 0.3) is 10.0 Å². The molecule has 1 aromatic heterocycles. The number of carbonyl (C=O) groups excluding carboxylic acids is 1. The lowest BCUT2D eigenvalue weighted by atomic mass is 9.87. The van der Waals surface area contributed by atoms with Crippen LogP contribution in [0.2, 0.25) is 0 Å². The zero-order chi connectivity index (χ0) is 20.5. The smallest absolute Gasteiger partial charge is 0.261 e. The zero-order valence-electron chi connectivity index (χ0n) is 16.2. The number of aromatic nitrogens is 1. The van der Waals surface area contributed by atoms with Crippen molar-refractivity contribution in [2.24, 2.45) is 0 Å². The molecule has 0 atom stereocenters. The molecule has 0 aliphatic rings. The van der Waals surface area contributed by atoms with Gasteiger partial charge in [0.05, 0.1) is 20.8 Å². The molecular formula is C20H23N3O3S2. The largest absolute Gasteiger partial charge is 0.302 e. The molecule has 0 saturated carbocycles. The Bertz CT molecular complexity index is 1110. The number of benzene rings is 2. The highest BCUT2D eigenvalue weighted by Crippen LogP contribution is 2.29. The Balaban J connectivity index is 1.83. The van der Waals surface area contributed by atoms with Crippen LogP contribution in [-0.2, 0) is 20.2 Å². The van der Waals surface area contributed by atoms with Gasteiger partial charge in [-0.2, -0.15) is 0 Å². The highest BCUT2D eigenvalue weighted by atomic mass is 32.2. The van der Waals surface area contributed by atoms with Gasteiger partial charge in [-0.25, -0.2) is 13.4 Å². The van der Waals surface area contributed by atoms with E-state index in [1.807, 2.05) is 12.1 Å². The van der Waals surface area contributed by atoms with Crippen molar-refractivity contribution in [2.75, 3.05) is 10.0 Å². The fourth-order valence-corrected chi connectivity index (χ4v) is 4.51. The minimum atomic E-state index is -3.70. The van der Waals surface area contributed by atoms with Crippen LogP contribution >= 0.6 is 11.3 Å². The van der Waals surface area contributed by atoms with Crippen molar-refractivity contribution < 1.29 is 13.2 Å². The first-order chi connectivity index (χ1) is 13.1. The Morgan fingerprint density at radius 2 is 1.79 bits per heavy atom. The molecule has 3 aromatic rings. The topological polar surface area (TPSA) is 88.2 Å². The molecule has 0 fully saturated rings. The lowest BCUT2D eigenvalue weighted by Crippen LogP contribution is -2.14. The van der Waals surface area contributed by atoms with Crippen molar-refractivity contribution in [1.82, 2.24) is 4.98 Å². The van der Waals surface area contributed by atoms with Crippen molar-refractivity contribution in [3.05, 3.63) is 48.0 Å². The first-order valence-corrected chi connectivity index (χ1v) is 11.2. The highest BCUT2D eigenvalue weighted by molar-refractivity contribution is 7.92. The molecule has 0 aliphatic carbocycles. The number of rotatable bonds is 5. The van der Waals surface area contributed by atoms with Gasteiger partial charge >= 0.3 is 0 Å².